The van der Waals surface area contributed by atoms with Crippen LogP contribution in [0.5, 0.6) is 5.75 Å². The van der Waals surface area contributed by atoms with Crippen LogP contribution in [0, 0.1) is 0 Å². The first-order chi connectivity index (χ1) is 9.56. The second-order valence-electron chi connectivity index (χ2n) is 4.63. The van der Waals surface area contributed by atoms with E-state index in [4.69, 9.17) is 9.84 Å². The molecular formula is C13H16N2O5. The fourth-order valence-corrected chi connectivity index (χ4v) is 2.14. The summed E-state index contributed by atoms with van der Waals surface area (Å²) in [7, 11) is 0. The van der Waals surface area contributed by atoms with Crippen LogP contribution in [0.3, 0.4) is 0 Å². The highest BCUT2D eigenvalue weighted by molar-refractivity contribution is 5.94. The third kappa shape index (κ3) is 3.67. The smallest absolute Gasteiger partial charge is 0.329 e. The Morgan fingerprint density at radius 2 is 2.05 bits per heavy atom. The molecule has 2 heterocycles. The van der Waals surface area contributed by atoms with Crippen molar-refractivity contribution in [1.82, 2.24) is 9.88 Å². The largest absolute Gasteiger partial charge is 0.506 e. The number of amides is 1. The predicted octanol–water partition coefficient (Wildman–Crippen LogP) is 0.493. The SMILES string of the molecule is O=C(O)COC1CCN(C(=O)c2cncc(O)c2)CC1. The van der Waals surface area contributed by atoms with E-state index in [1.807, 2.05) is 0 Å². The molecule has 0 atom stereocenters. The number of rotatable bonds is 4. The number of pyridine rings is 1. The Balaban J connectivity index is 1.87. The summed E-state index contributed by atoms with van der Waals surface area (Å²) in [6, 6.07) is 1.38. The van der Waals surface area contributed by atoms with E-state index >= 15 is 0 Å². The number of aliphatic carboxylic acids is 1. The van der Waals surface area contributed by atoms with Crippen molar-refractivity contribution < 1.29 is 24.5 Å². The molecule has 0 aromatic carbocycles. The third-order valence-corrected chi connectivity index (χ3v) is 3.14. The van der Waals surface area contributed by atoms with Gasteiger partial charge < -0.3 is 19.8 Å². The summed E-state index contributed by atoms with van der Waals surface area (Å²) < 4.78 is 5.21. The van der Waals surface area contributed by atoms with Gasteiger partial charge in [-0.1, -0.05) is 0 Å². The fourth-order valence-electron chi connectivity index (χ4n) is 2.14. The van der Waals surface area contributed by atoms with Crippen LogP contribution in [0.1, 0.15) is 23.2 Å². The first-order valence-electron chi connectivity index (χ1n) is 6.33. The highest BCUT2D eigenvalue weighted by atomic mass is 16.5. The second kappa shape index (κ2) is 6.33. The molecule has 1 aliphatic heterocycles. The van der Waals surface area contributed by atoms with Crippen LogP contribution in [-0.4, -0.2) is 57.8 Å². The molecular weight excluding hydrogens is 264 g/mol. The molecule has 7 heteroatoms. The molecule has 0 spiro atoms. The maximum absolute atomic E-state index is 12.2. The lowest BCUT2D eigenvalue weighted by Crippen LogP contribution is -2.41. The number of likely N-dealkylation sites (tertiary alicyclic amines) is 1. The van der Waals surface area contributed by atoms with Crippen LogP contribution in [0.2, 0.25) is 0 Å². The lowest BCUT2D eigenvalue weighted by Gasteiger charge is -2.31. The Labute approximate surface area is 115 Å². The van der Waals surface area contributed by atoms with Crippen LogP contribution < -0.4 is 0 Å². The van der Waals surface area contributed by atoms with Crippen molar-refractivity contribution in [3.05, 3.63) is 24.0 Å². The summed E-state index contributed by atoms with van der Waals surface area (Å²) in [5.41, 5.74) is 0.343. The first-order valence-corrected chi connectivity index (χ1v) is 6.33. The summed E-state index contributed by atoms with van der Waals surface area (Å²) >= 11 is 0. The summed E-state index contributed by atoms with van der Waals surface area (Å²) in [6.45, 7) is 0.687. The fraction of sp³-hybridized carbons (Fsp3) is 0.462. The summed E-state index contributed by atoms with van der Waals surface area (Å²) in [4.78, 5) is 28.0. The zero-order chi connectivity index (χ0) is 14.5. The first kappa shape index (κ1) is 14.3. The molecule has 0 saturated carbocycles. The lowest BCUT2D eigenvalue weighted by atomic mass is 10.1. The minimum atomic E-state index is -0.991. The van der Waals surface area contributed by atoms with E-state index in [2.05, 4.69) is 4.98 Å². The highest BCUT2D eigenvalue weighted by Gasteiger charge is 2.24. The minimum absolute atomic E-state index is 0.0458. The van der Waals surface area contributed by atoms with Crippen molar-refractivity contribution in [3.8, 4) is 5.75 Å². The number of aromatic hydroxyl groups is 1. The van der Waals surface area contributed by atoms with Crippen molar-refractivity contribution in [2.45, 2.75) is 18.9 Å². The molecule has 1 amide bonds. The van der Waals surface area contributed by atoms with E-state index in [1.54, 1.807) is 4.90 Å². The predicted molar refractivity (Wildman–Crippen MR) is 68.4 cm³/mol. The van der Waals surface area contributed by atoms with Crippen molar-refractivity contribution in [2.24, 2.45) is 0 Å². The Morgan fingerprint density at radius 1 is 1.35 bits per heavy atom. The Kier molecular flexibility index (Phi) is 4.52. The average Bonchev–Trinajstić information content (AvgIpc) is 2.45. The summed E-state index contributed by atoms with van der Waals surface area (Å²) in [5, 5.41) is 17.9. The molecule has 1 aromatic heterocycles. The van der Waals surface area contributed by atoms with Gasteiger partial charge in [-0.25, -0.2) is 4.79 Å². The van der Waals surface area contributed by atoms with Crippen LogP contribution in [0.4, 0.5) is 0 Å². The van der Waals surface area contributed by atoms with E-state index in [0.29, 0.717) is 31.5 Å². The number of carbonyl (C=O) groups excluding carboxylic acids is 1. The number of aromatic nitrogens is 1. The van der Waals surface area contributed by atoms with Gasteiger partial charge in [-0.05, 0) is 18.9 Å². The zero-order valence-corrected chi connectivity index (χ0v) is 10.9. The quantitative estimate of drug-likeness (QED) is 0.832. The number of hydrogen-bond acceptors (Lipinski definition) is 5. The number of ether oxygens (including phenoxy) is 1. The van der Waals surface area contributed by atoms with Crippen molar-refractivity contribution in [1.29, 1.82) is 0 Å². The van der Waals surface area contributed by atoms with Gasteiger partial charge in [0, 0.05) is 19.3 Å². The normalized spacial score (nSPS) is 16.1. The van der Waals surface area contributed by atoms with Gasteiger partial charge in [0.2, 0.25) is 0 Å². The van der Waals surface area contributed by atoms with Crippen molar-refractivity contribution >= 4 is 11.9 Å². The Morgan fingerprint density at radius 3 is 2.65 bits per heavy atom. The number of carbonyl (C=O) groups is 2. The average molecular weight is 280 g/mol. The van der Waals surface area contributed by atoms with Crippen molar-refractivity contribution in [2.75, 3.05) is 19.7 Å². The van der Waals surface area contributed by atoms with Crippen LogP contribution >= 0.6 is 0 Å². The molecule has 0 bridgehead atoms. The van der Waals surface area contributed by atoms with Crippen molar-refractivity contribution in [3.63, 3.8) is 0 Å². The van der Waals surface area contributed by atoms with Gasteiger partial charge in [0.1, 0.15) is 12.4 Å². The van der Waals surface area contributed by atoms with Gasteiger partial charge in [-0.3, -0.25) is 9.78 Å². The molecule has 0 radical (unpaired) electrons. The van der Waals surface area contributed by atoms with Gasteiger partial charge in [0.25, 0.3) is 5.91 Å². The molecule has 108 valence electrons. The molecule has 7 nitrogen and oxygen atoms in total. The number of carboxylic acid groups (broad SMARTS) is 1. The van der Waals surface area contributed by atoms with E-state index in [0.717, 1.165) is 0 Å². The van der Waals surface area contributed by atoms with E-state index in [-0.39, 0.29) is 24.4 Å². The second-order valence-corrected chi connectivity index (χ2v) is 4.63. The number of hydrogen-bond donors (Lipinski definition) is 2. The Bertz CT molecular complexity index is 497. The van der Waals surface area contributed by atoms with Gasteiger partial charge in [0.15, 0.2) is 0 Å². The molecule has 2 rings (SSSR count). The lowest BCUT2D eigenvalue weighted by molar-refractivity contribution is -0.145. The molecule has 0 unspecified atom stereocenters. The minimum Gasteiger partial charge on any atom is -0.506 e. The number of carboxylic acids is 1. The van der Waals surface area contributed by atoms with Gasteiger partial charge in [-0.15, -0.1) is 0 Å². The van der Waals surface area contributed by atoms with E-state index < -0.39 is 5.97 Å². The van der Waals surface area contributed by atoms with Crippen LogP contribution in [0.15, 0.2) is 18.5 Å². The summed E-state index contributed by atoms with van der Waals surface area (Å²) in [6.07, 6.45) is 3.76. The molecule has 1 aliphatic rings. The standard InChI is InChI=1S/C13H16N2O5/c16-10-5-9(6-14-7-10)13(19)15-3-1-11(2-4-15)20-8-12(17)18/h5-7,11,16H,1-4,8H2,(H,17,18). The highest BCUT2D eigenvalue weighted by Crippen LogP contribution is 2.17. The molecule has 1 fully saturated rings. The van der Waals surface area contributed by atoms with Crippen LogP contribution in [-0.2, 0) is 9.53 Å². The number of nitrogens with zero attached hydrogens (tertiary/aromatic N) is 2. The molecule has 1 aromatic rings. The summed E-state index contributed by atoms with van der Waals surface area (Å²) in [5.74, 6) is -1.23. The van der Waals surface area contributed by atoms with Gasteiger partial charge in [-0.2, -0.15) is 0 Å². The van der Waals surface area contributed by atoms with E-state index in [1.165, 1.54) is 18.5 Å². The molecule has 1 saturated heterocycles. The third-order valence-electron chi connectivity index (χ3n) is 3.14. The number of piperidine rings is 1. The topological polar surface area (TPSA) is 100.0 Å². The Hall–Kier alpha value is -2.15. The van der Waals surface area contributed by atoms with E-state index in [9.17, 15) is 14.7 Å². The zero-order valence-electron chi connectivity index (χ0n) is 10.9. The van der Waals surface area contributed by atoms with Gasteiger partial charge in [0.05, 0.1) is 17.9 Å². The maximum atomic E-state index is 12.2. The monoisotopic (exact) mass is 280 g/mol. The van der Waals surface area contributed by atoms with Crippen LogP contribution in [0.25, 0.3) is 0 Å². The molecule has 20 heavy (non-hydrogen) atoms. The van der Waals surface area contributed by atoms with Gasteiger partial charge >= 0.3 is 5.97 Å². The molecule has 2 N–H and O–H groups in total. The molecule has 0 aliphatic carbocycles. The maximum Gasteiger partial charge on any atom is 0.329 e.